The molecule has 0 aliphatic carbocycles. The van der Waals surface area contributed by atoms with Crippen LogP contribution in [0.1, 0.15) is 37.5 Å². The molecule has 1 fully saturated rings. The molecule has 2 atom stereocenters. The van der Waals surface area contributed by atoms with Crippen LogP contribution >= 0.6 is 0 Å². The smallest absolute Gasteiger partial charge is 0.242 e. The van der Waals surface area contributed by atoms with Crippen molar-refractivity contribution >= 4 is 21.4 Å². The maximum absolute atomic E-state index is 15.2. The van der Waals surface area contributed by atoms with E-state index in [1.807, 2.05) is 73.9 Å². The molecule has 0 spiro atoms. The van der Waals surface area contributed by atoms with E-state index < -0.39 is 21.1 Å². The van der Waals surface area contributed by atoms with Crippen LogP contribution in [0.3, 0.4) is 0 Å². The molecule has 158 valence electrons. The summed E-state index contributed by atoms with van der Waals surface area (Å²) in [6.45, 7) is 4.73. The first-order valence-electron chi connectivity index (χ1n) is 10.2. The third-order valence-electron chi connectivity index (χ3n) is 5.72. The highest BCUT2D eigenvalue weighted by Crippen LogP contribution is 2.41. The minimum Gasteiger partial charge on any atom is -0.352 e. The number of sulfonamides is 1. The highest BCUT2D eigenvalue weighted by Gasteiger charge is 2.41. The van der Waals surface area contributed by atoms with Gasteiger partial charge in [-0.3, -0.25) is 4.31 Å². The van der Waals surface area contributed by atoms with Gasteiger partial charge in [0.25, 0.3) is 0 Å². The molecule has 0 radical (unpaired) electrons. The fourth-order valence-electron chi connectivity index (χ4n) is 4.06. The van der Waals surface area contributed by atoms with Gasteiger partial charge in [0.05, 0.1) is 5.69 Å². The van der Waals surface area contributed by atoms with Gasteiger partial charge in [-0.2, -0.15) is 0 Å². The predicted octanol–water partition coefficient (Wildman–Crippen LogP) is 4.97. The maximum Gasteiger partial charge on any atom is 0.242 e. The van der Waals surface area contributed by atoms with Crippen LogP contribution in [0.15, 0.2) is 73.3 Å². The summed E-state index contributed by atoms with van der Waals surface area (Å²) in [7, 11) is -3.75. The first-order valence-corrected chi connectivity index (χ1v) is 11.7. The lowest BCUT2D eigenvalue weighted by molar-refractivity contribution is 0.505. The van der Waals surface area contributed by atoms with Crippen LogP contribution < -0.4 is 9.21 Å². The Kier molecular flexibility index (Phi) is 5.56. The second kappa shape index (κ2) is 8.14. The quantitative estimate of drug-likeness (QED) is 0.691. The van der Waals surface area contributed by atoms with Crippen molar-refractivity contribution in [3.8, 4) is 0 Å². The Morgan fingerprint density at radius 2 is 1.70 bits per heavy atom. The monoisotopic (exact) mass is 427 g/mol. The average molecular weight is 428 g/mol. The van der Waals surface area contributed by atoms with E-state index in [0.29, 0.717) is 18.5 Å². The highest BCUT2D eigenvalue weighted by atomic mass is 32.2. The Balaban J connectivity index is 1.66. The lowest BCUT2D eigenvalue weighted by Gasteiger charge is -2.39. The molecule has 4 rings (SSSR count). The number of halogens is 1. The Bertz CT molecular complexity index is 1060. The molecule has 1 saturated heterocycles. The standard InChI is InChI=1S/C23H26FN3O2S/c1-3-25-13-15-26(16-14-25)20-10-11-22(21(24)17-20)27-18(2)9-12-23(30(27,28)29)19-7-5-4-6-8-19/h4-8,10-11,13-18,23H,3,9,12H2,1-2H3/t18-,23+/m0/s1. The van der Waals surface area contributed by atoms with Gasteiger partial charge in [0.1, 0.15) is 11.1 Å². The number of benzene rings is 2. The second-order valence-corrected chi connectivity index (χ2v) is 9.63. The van der Waals surface area contributed by atoms with Crippen LogP contribution in [0.2, 0.25) is 0 Å². The molecule has 0 amide bonds. The summed E-state index contributed by atoms with van der Waals surface area (Å²) in [6, 6.07) is 13.6. The van der Waals surface area contributed by atoms with Gasteiger partial charge in [0.2, 0.25) is 10.0 Å². The number of rotatable bonds is 4. The lowest BCUT2D eigenvalue weighted by Crippen LogP contribution is -2.46. The molecule has 2 aromatic carbocycles. The molecule has 0 saturated carbocycles. The van der Waals surface area contributed by atoms with E-state index in [4.69, 9.17) is 0 Å². The van der Waals surface area contributed by atoms with Crippen LogP contribution in [-0.2, 0) is 10.0 Å². The topological polar surface area (TPSA) is 43.9 Å². The van der Waals surface area contributed by atoms with E-state index >= 15 is 4.39 Å². The molecule has 2 aromatic rings. The van der Waals surface area contributed by atoms with Crippen molar-refractivity contribution in [2.45, 2.75) is 38.0 Å². The van der Waals surface area contributed by atoms with Gasteiger partial charge in [-0.1, -0.05) is 30.3 Å². The zero-order chi connectivity index (χ0) is 21.3. The number of anilines is 2. The fraction of sp³-hybridized carbons (Fsp3) is 0.304. The molecule has 0 unspecified atom stereocenters. The molecule has 0 bridgehead atoms. The summed E-state index contributed by atoms with van der Waals surface area (Å²) in [5.74, 6) is -0.545. The van der Waals surface area contributed by atoms with Crippen molar-refractivity contribution in [2.24, 2.45) is 0 Å². The minimum absolute atomic E-state index is 0.104. The summed E-state index contributed by atoms with van der Waals surface area (Å²) < 4.78 is 43.4. The van der Waals surface area contributed by atoms with Gasteiger partial charge in [-0.15, -0.1) is 0 Å². The fourth-order valence-corrected chi connectivity index (χ4v) is 6.30. The first kappa shape index (κ1) is 20.5. The summed E-state index contributed by atoms with van der Waals surface area (Å²) in [6.07, 6.45) is 8.72. The summed E-state index contributed by atoms with van der Waals surface area (Å²) in [4.78, 5) is 3.81. The predicted molar refractivity (Wildman–Crippen MR) is 119 cm³/mol. The minimum atomic E-state index is -3.75. The largest absolute Gasteiger partial charge is 0.352 e. The summed E-state index contributed by atoms with van der Waals surface area (Å²) >= 11 is 0. The second-order valence-electron chi connectivity index (χ2n) is 7.64. The Morgan fingerprint density at radius 3 is 2.33 bits per heavy atom. The molecule has 7 heteroatoms. The number of hydrogen-bond acceptors (Lipinski definition) is 4. The SMILES string of the molecule is CCN1C=CN(c2ccc(N3[C@@H](C)CC[C@H](c4ccccc4)S3(=O)=O)c(F)c2)C=C1. The molecule has 2 aliphatic rings. The van der Waals surface area contributed by atoms with E-state index in [0.717, 1.165) is 12.1 Å². The van der Waals surface area contributed by atoms with E-state index in [1.165, 1.54) is 10.4 Å². The maximum atomic E-state index is 15.2. The van der Waals surface area contributed by atoms with Gasteiger partial charge in [-0.25, -0.2) is 12.8 Å². The van der Waals surface area contributed by atoms with Crippen molar-refractivity contribution in [1.29, 1.82) is 0 Å². The zero-order valence-corrected chi connectivity index (χ0v) is 18.0. The molecule has 0 aromatic heterocycles. The Hall–Kier alpha value is -2.80. The molecule has 0 N–H and O–H groups in total. The van der Waals surface area contributed by atoms with Crippen LogP contribution in [-0.4, -0.2) is 25.9 Å². The molecule has 2 heterocycles. The van der Waals surface area contributed by atoms with E-state index in [9.17, 15) is 8.42 Å². The van der Waals surface area contributed by atoms with Crippen LogP contribution in [0.5, 0.6) is 0 Å². The van der Waals surface area contributed by atoms with Crippen molar-refractivity contribution < 1.29 is 12.8 Å². The Morgan fingerprint density at radius 1 is 1.00 bits per heavy atom. The highest BCUT2D eigenvalue weighted by molar-refractivity contribution is 7.93. The summed E-state index contributed by atoms with van der Waals surface area (Å²) in [5.41, 5.74) is 1.49. The van der Waals surface area contributed by atoms with Gasteiger partial charge in [0.15, 0.2) is 0 Å². The van der Waals surface area contributed by atoms with Gasteiger partial charge >= 0.3 is 0 Å². The normalized spacial score (nSPS) is 23.1. The number of nitrogens with zero attached hydrogens (tertiary/aromatic N) is 3. The van der Waals surface area contributed by atoms with Gasteiger partial charge < -0.3 is 9.80 Å². The van der Waals surface area contributed by atoms with Crippen molar-refractivity contribution in [1.82, 2.24) is 4.90 Å². The van der Waals surface area contributed by atoms with E-state index in [2.05, 4.69) is 0 Å². The van der Waals surface area contributed by atoms with Crippen LogP contribution in [0, 0.1) is 5.82 Å². The summed E-state index contributed by atoms with van der Waals surface area (Å²) in [5, 5.41) is -0.665. The third kappa shape index (κ3) is 3.69. The molecule has 30 heavy (non-hydrogen) atoms. The molecular formula is C23H26FN3O2S. The van der Waals surface area contributed by atoms with Crippen LogP contribution in [0.4, 0.5) is 15.8 Å². The number of hydrogen-bond donors (Lipinski definition) is 0. The van der Waals surface area contributed by atoms with Crippen molar-refractivity contribution in [3.05, 3.63) is 84.7 Å². The van der Waals surface area contributed by atoms with E-state index in [1.54, 1.807) is 17.0 Å². The third-order valence-corrected chi connectivity index (χ3v) is 8.05. The van der Waals surface area contributed by atoms with Gasteiger partial charge in [0, 0.05) is 49.1 Å². The van der Waals surface area contributed by atoms with Gasteiger partial charge in [-0.05, 0) is 44.4 Å². The first-order chi connectivity index (χ1) is 14.4. The van der Waals surface area contributed by atoms with Crippen molar-refractivity contribution in [3.63, 3.8) is 0 Å². The lowest BCUT2D eigenvalue weighted by atomic mass is 10.0. The average Bonchev–Trinajstić information content (AvgIpc) is 2.75. The Labute approximate surface area is 177 Å². The van der Waals surface area contributed by atoms with Crippen molar-refractivity contribution in [2.75, 3.05) is 15.7 Å². The zero-order valence-electron chi connectivity index (χ0n) is 17.1. The van der Waals surface area contributed by atoms with Crippen LogP contribution in [0.25, 0.3) is 0 Å². The molecule has 5 nitrogen and oxygen atoms in total. The molecular weight excluding hydrogens is 401 g/mol. The molecule has 2 aliphatic heterocycles. The van der Waals surface area contributed by atoms with E-state index in [-0.39, 0.29) is 11.7 Å².